The summed E-state index contributed by atoms with van der Waals surface area (Å²) in [5, 5.41) is 11.2. The molecule has 0 aliphatic heterocycles. The maximum Gasteiger partial charge on any atom is 0.275 e. The molecule has 0 fully saturated rings. The number of hydrogen-bond acceptors (Lipinski definition) is 5. The number of nitro groups is 1. The zero-order valence-corrected chi connectivity index (χ0v) is 15.9. The predicted octanol–water partition coefficient (Wildman–Crippen LogP) is 4.06. The molecule has 2 rings (SSSR count). The van der Waals surface area contributed by atoms with Gasteiger partial charge in [0.25, 0.3) is 5.69 Å². The topological polar surface area (TPSA) is 93.7 Å². The Labute approximate surface area is 151 Å². The second kappa shape index (κ2) is 7.15. The number of sulfonamides is 1. The van der Waals surface area contributed by atoms with Crippen molar-refractivity contribution in [2.45, 2.75) is 45.2 Å². The van der Waals surface area contributed by atoms with E-state index in [-0.39, 0.29) is 33.8 Å². The van der Waals surface area contributed by atoms with Crippen LogP contribution in [0.3, 0.4) is 0 Å². The lowest BCUT2D eigenvalue weighted by molar-refractivity contribution is -0.385. The Bertz CT molecular complexity index is 905. The Hall–Kier alpha value is -1.90. The third-order valence-corrected chi connectivity index (χ3v) is 6.17. The van der Waals surface area contributed by atoms with Gasteiger partial charge in [0.2, 0.25) is 10.0 Å². The molecule has 1 heterocycles. The van der Waals surface area contributed by atoms with E-state index in [9.17, 15) is 18.5 Å². The molecule has 2 aromatic rings. The van der Waals surface area contributed by atoms with E-state index < -0.39 is 14.9 Å². The molecular weight excluding hydrogens is 368 g/mol. The number of hydrogen-bond donors (Lipinski definition) is 0. The van der Waals surface area contributed by atoms with Crippen LogP contribution in [0.1, 0.15) is 30.9 Å². The number of aryl methyl sites for hydroxylation is 1. The van der Waals surface area contributed by atoms with Gasteiger partial charge in [-0.05, 0) is 45.9 Å². The Kier molecular flexibility index (Phi) is 5.55. The van der Waals surface area contributed by atoms with Crippen LogP contribution < -0.4 is 0 Å². The minimum atomic E-state index is -4.00. The minimum Gasteiger partial charge on any atom is -0.465 e. The maximum absolute atomic E-state index is 13.0. The van der Waals surface area contributed by atoms with Crippen molar-refractivity contribution < 1.29 is 17.8 Å². The van der Waals surface area contributed by atoms with Gasteiger partial charge in [0.1, 0.15) is 11.5 Å². The second-order valence-corrected chi connectivity index (χ2v) is 8.26. The highest BCUT2D eigenvalue weighted by Crippen LogP contribution is 2.32. The lowest BCUT2D eigenvalue weighted by atomic mass is 10.2. The first-order chi connectivity index (χ1) is 11.5. The molecule has 7 nitrogen and oxygen atoms in total. The second-order valence-electron chi connectivity index (χ2n) is 5.96. The fourth-order valence-electron chi connectivity index (χ4n) is 2.38. The van der Waals surface area contributed by atoms with Gasteiger partial charge in [-0.1, -0.05) is 11.6 Å². The molecule has 136 valence electrons. The number of benzene rings is 1. The van der Waals surface area contributed by atoms with Gasteiger partial charge in [-0.3, -0.25) is 10.1 Å². The molecule has 9 heteroatoms. The molecule has 0 aliphatic rings. The average molecular weight is 387 g/mol. The molecule has 0 amide bonds. The third kappa shape index (κ3) is 4.02. The molecule has 1 aromatic heterocycles. The smallest absolute Gasteiger partial charge is 0.275 e. The van der Waals surface area contributed by atoms with Crippen LogP contribution in [-0.4, -0.2) is 23.7 Å². The zero-order chi connectivity index (χ0) is 18.9. The molecule has 0 bridgehead atoms. The largest absolute Gasteiger partial charge is 0.465 e. The van der Waals surface area contributed by atoms with E-state index in [1.807, 2.05) is 0 Å². The van der Waals surface area contributed by atoms with Crippen LogP contribution >= 0.6 is 11.6 Å². The van der Waals surface area contributed by atoms with Crippen molar-refractivity contribution in [1.29, 1.82) is 0 Å². The van der Waals surface area contributed by atoms with Crippen molar-refractivity contribution in [3.8, 4) is 0 Å². The Balaban J connectivity index is 2.52. The van der Waals surface area contributed by atoms with Gasteiger partial charge in [-0.15, -0.1) is 0 Å². The summed E-state index contributed by atoms with van der Waals surface area (Å²) in [7, 11) is -4.00. The van der Waals surface area contributed by atoms with Crippen molar-refractivity contribution in [2.24, 2.45) is 0 Å². The number of furan rings is 1. The van der Waals surface area contributed by atoms with Gasteiger partial charge >= 0.3 is 0 Å². The van der Waals surface area contributed by atoms with Crippen LogP contribution in [0.15, 0.2) is 33.6 Å². The molecule has 0 N–H and O–H groups in total. The summed E-state index contributed by atoms with van der Waals surface area (Å²) in [5.74, 6) is 1.16. The van der Waals surface area contributed by atoms with Crippen molar-refractivity contribution >= 4 is 27.3 Å². The number of nitrogens with zero attached hydrogens (tertiary/aromatic N) is 2. The van der Waals surface area contributed by atoms with E-state index in [0.717, 1.165) is 6.07 Å². The summed E-state index contributed by atoms with van der Waals surface area (Å²) >= 11 is 6.01. The molecule has 1 aromatic carbocycles. The molecule has 0 saturated heterocycles. The Morgan fingerprint density at radius 1 is 1.28 bits per heavy atom. The van der Waals surface area contributed by atoms with Crippen molar-refractivity contribution in [3.63, 3.8) is 0 Å². The quantitative estimate of drug-likeness (QED) is 0.551. The van der Waals surface area contributed by atoms with Crippen LogP contribution in [0.25, 0.3) is 0 Å². The van der Waals surface area contributed by atoms with E-state index in [4.69, 9.17) is 16.0 Å². The summed E-state index contributed by atoms with van der Waals surface area (Å²) in [5.41, 5.74) is -0.105. The Morgan fingerprint density at radius 2 is 1.92 bits per heavy atom. The molecule has 0 spiro atoms. The van der Waals surface area contributed by atoms with E-state index in [1.54, 1.807) is 32.9 Å². The molecule has 0 aliphatic carbocycles. The van der Waals surface area contributed by atoms with Crippen molar-refractivity contribution in [2.75, 3.05) is 0 Å². The summed E-state index contributed by atoms with van der Waals surface area (Å²) in [6.45, 7) is 6.70. The van der Waals surface area contributed by atoms with Gasteiger partial charge in [-0.25, -0.2) is 8.42 Å². The fourth-order valence-corrected chi connectivity index (χ4v) is 4.31. The number of halogens is 1. The molecule has 0 radical (unpaired) electrons. The van der Waals surface area contributed by atoms with Gasteiger partial charge in [0.15, 0.2) is 0 Å². The van der Waals surface area contributed by atoms with Crippen molar-refractivity contribution in [3.05, 3.63) is 56.5 Å². The monoisotopic (exact) mass is 386 g/mol. The van der Waals surface area contributed by atoms with Gasteiger partial charge in [0.05, 0.1) is 21.4 Å². The molecule has 25 heavy (non-hydrogen) atoms. The maximum atomic E-state index is 13.0. The molecule has 0 atom stereocenters. The first-order valence-electron chi connectivity index (χ1n) is 7.55. The van der Waals surface area contributed by atoms with Gasteiger partial charge in [-0.2, -0.15) is 4.31 Å². The normalized spacial score (nSPS) is 12.1. The average Bonchev–Trinajstić information content (AvgIpc) is 2.91. The number of nitro benzene ring substituents is 1. The first-order valence-corrected chi connectivity index (χ1v) is 9.37. The predicted molar refractivity (Wildman–Crippen MR) is 94.2 cm³/mol. The van der Waals surface area contributed by atoms with Gasteiger partial charge < -0.3 is 4.42 Å². The molecular formula is C16H19ClN2O5S. The lowest BCUT2D eigenvalue weighted by Gasteiger charge is -2.25. The van der Waals surface area contributed by atoms with Gasteiger partial charge in [0, 0.05) is 17.7 Å². The summed E-state index contributed by atoms with van der Waals surface area (Å²) < 4.78 is 32.7. The molecule has 0 unspecified atom stereocenters. The Morgan fingerprint density at radius 3 is 2.40 bits per heavy atom. The zero-order valence-electron chi connectivity index (χ0n) is 14.3. The standard InChI is InChI=1S/C16H19ClN2O5S/c1-10(2)18(9-13-6-5-11(3)24-13)25(22,23)14-7-15(17)12(4)16(8-14)19(20)21/h5-8,10H,9H2,1-4H3. The van der Waals surface area contributed by atoms with Crippen LogP contribution in [0.2, 0.25) is 5.02 Å². The summed E-state index contributed by atoms with van der Waals surface area (Å²) in [4.78, 5) is 10.3. The van der Waals surface area contributed by atoms with Crippen LogP contribution in [0.5, 0.6) is 0 Å². The summed E-state index contributed by atoms with van der Waals surface area (Å²) in [6.07, 6.45) is 0. The van der Waals surface area contributed by atoms with Crippen LogP contribution in [-0.2, 0) is 16.6 Å². The highest BCUT2D eigenvalue weighted by molar-refractivity contribution is 7.89. The fraction of sp³-hybridized carbons (Fsp3) is 0.375. The highest BCUT2D eigenvalue weighted by atomic mass is 35.5. The first kappa shape index (κ1) is 19.4. The van der Waals surface area contributed by atoms with Crippen LogP contribution in [0, 0.1) is 24.0 Å². The minimum absolute atomic E-state index is 0.0210. The highest BCUT2D eigenvalue weighted by Gasteiger charge is 2.31. The lowest BCUT2D eigenvalue weighted by Crippen LogP contribution is -2.36. The van der Waals surface area contributed by atoms with Crippen LogP contribution in [0.4, 0.5) is 5.69 Å². The molecule has 0 saturated carbocycles. The van der Waals surface area contributed by atoms with E-state index in [0.29, 0.717) is 11.5 Å². The number of rotatable bonds is 6. The van der Waals surface area contributed by atoms with Crippen molar-refractivity contribution in [1.82, 2.24) is 4.31 Å². The van der Waals surface area contributed by atoms with E-state index >= 15 is 0 Å². The summed E-state index contributed by atoms with van der Waals surface area (Å²) in [6, 6.07) is 5.34. The van der Waals surface area contributed by atoms with E-state index in [1.165, 1.54) is 17.3 Å². The third-order valence-electron chi connectivity index (χ3n) is 3.78. The van der Waals surface area contributed by atoms with E-state index in [2.05, 4.69) is 0 Å². The SMILES string of the molecule is Cc1ccc(CN(C(C)C)S(=O)(=O)c2cc(Cl)c(C)c([N+](=O)[O-])c2)o1.